The predicted octanol–water partition coefficient (Wildman–Crippen LogP) is 3.55. The molecule has 5 nitrogen and oxygen atoms in total. The Morgan fingerprint density at radius 1 is 0.964 bits per heavy atom. The van der Waals surface area contributed by atoms with Crippen LogP contribution >= 0.6 is 15.9 Å². The molecule has 0 aliphatic carbocycles. The third-order valence-corrected chi connectivity index (χ3v) is 6.64. The first-order valence-electron chi connectivity index (χ1n) is 9.18. The van der Waals surface area contributed by atoms with Crippen LogP contribution in [0.3, 0.4) is 0 Å². The number of halogens is 1. The summed E-state index contributed by atoms with van der Waals surface area (Å²) in [5.74, 6) is -1.91. The van der Waals surface area contributed by atoms with Gasteiger partial charge >= 0.3 is 0 Å². The number of hydrogen-bond acceptors (Lipinski definition) is 4. The highest BCUT2D eigenvalue weighted by atomic mass is 79.9. The predicted molar refractivity (Wildman–Crippen MR) is 108 cm³/mol. The Hall–Kier alpha value is -2.73. The molecule has 2 aromatic rings. The number of Topliss-reactive ketones (excluding diaryl/α,β-unsaturated/α-hetero) is 1. The summed E-state index contributed by atoms with van der Waals surface area (Å²) < 4.78 is 0.678. The van der Waals surface area contributed by atoms with Crippen LogP contribution in [-0.2, 0) is 14.4 Å². The van der Waals surface area contributed by atoms with E-state index in [0.717, 1.165) is 11.1 Å². The average Bonchev–Trinajstić information content (AvgIpc) is 3.16. The van der Waals surface area contributed by atoms with E-state index in [4.69, 9.17) is 0 Å². The molecule has 5 rings (SSSR count). The molecule has 140 valence electrons. The van der Waals surface area contributed by atoms with Gasteiger partial charge in [-0.15, -0.1) is 0 Å². The SMILES string of the molecule is CC(=O)[C@@H]1[C@@H]2C(=O)N(c3ccccc3Br)C(=O)[C@@H]2[C@@H]2c3ccccc3C=CN12. The molecule has 4 atom stereocenters. The van der Waals surface area contributed by atoms with E-state index in [0.29, 0.717) is 10.2 Å². The van der Waals surface area contributed by atoms with Gasteiger partial charge in [0, 0.05) is 10.7 Å². The van der Waals surface area contributed by atoms with Gasteiger partial charge in [-0.3, -0.25) is 14.4 Å². The number of carbonyl (C=O) groups excluding carboxylic acids is 3. The number of hydrogen-bond donors (Lipinski definition) is 0. The summed E-state index contributed by atoms with van der Waals surface area (Å²) >= 11 is 3.45. The van der Waals surface area contributed by atoms with Crippen molar-refractivity contribution in [3.8, 4) is 0 Å². The number of rotatable bonds is 2. The molecule has 2 fully saturated rings. The van der Waals surface area contributed by atoms with Gasteiger partial charge in [-0.25, -0.2) is 4.90 Å². The smallest absolute Gasteiger partial charge is 0.240 e. The van der Waals surface area contributed by atoms with E-state index >= 15 is 0 Å². The standard InChI is InChI=1S/C22H17BrN2O3/c1-12(26)19-17-18(20-14-7-3-2-6-13(14)10-11-24(19)20)22(28)25(21(17)27)16-9-5-4-8-15(16)23/h2-11,17-20H,1H3/t17-,18+,19-,20+/m1/s1. The van der Waals surface area contributed by atoms with Gasteiger partial charge in [0.1, 0.15) is 0 Å². The Balaban J connectivity index is 1.67. The zero-order chi connectivity index (χ0) is 19.6. The zero-order valence-electron chi connectivity index (χ0n) is 15.1. The molecule has 0 aromatic heterocycles. The second-order valence-electron chi connectivity index (χ2n) is 7.41. The van der Waals surface area contributed by atoms with E-state index < -0.39 is 17.9 Å². The summed E-state index contributed by atoms with van der Waals surface area (Å²) in [7, 11) is 0. The van der Waals surface area contributed by atoms with Gasteiger partial charge in [0.25, 0.3) is 0 Å². The van der Waals surface area contributed by atoms with Gasteiger partial charge in [0.15, 0.2) is 5.78 Å². The van der Waals surface area contributed by atoms with Crippen molar-refractivity contribution < 1.29 is 14.4 Å². The topological polar surface area (TPSA) is 57.7 Å². The lowest BCUT2D eigenvalue weighted by molar-refractivity contribution is -0.129. The molecule has 2 aromatic carbocycles. The minimum Gasteiger partial charge on any atom is -0.359 e. The molecule has 3 heterocycles. The second kappa shape index (κ2) is 6.14. The molecule has 0 saturated carbocycles. The fraction of sp³-hybridized carbons (Fsp3) is 0.227. The van der Waals surface area contributed by atoms with Crippen LogP contribution in [-0.4, -0.2) is 28.5 Å². The van der Waals surface area contributed by atoms with E-state index in [1.807, 2.05) is 47.5 Å². The van der Waals surface area contributed by atoms with E-state index in [1.54, 1.807) is 18.2 Å². The van der Waals surface area contributed by atoms with Gasteiger partial charge in [0.05, 0.1) is 29.6 Å². The molecule has 6 heteroatoms. The molecular formula is C22H17BrN2O3. The van der Waals surface area contributed by atoms with Crippen molar-refractivity contribution in [2.24, 2.45) is 11.8 Å². The molecule has 0 radical (unpaired) electrons. The van der Waals surface area contributed by atoms with Crippen LogP contribution in [0.2, 0.25) is 0 Å². The molecule has 0 bridgehead atoms. The summed E-state index contributed by atoms with van der Waals surface area (Å²) in [5.41, 5.74) is 2.53. The summed E-state index contributed by atoms with van der Waals surface area (Å²) in [4.78, 5) is 42.6. The van der Waals surface area contributed by atoms with Crippen molar-refractivity contribution in [3.05, 3.63) is 70.3 Å². The van der Waals surface area contributed by atoms with Crippen molar-refractivity contribution in [1.29, 1.82) is 0 Å². The van der Waals surface area contributed by atoms with Gasteiger partial charge in [-0.05, 0) is 52.2 Å². The minimum atomic E-state index is -0.682. The largest absolute Gasteiger partial charge is 0.359 e. The Kier molecular flexibility index (Phi) is 3.81. The lowest BCUT2D eigenvalue weighted by Gasteiger charge is -2.35. The second-order valence-corrected chi connectivity index (χ2v) is 8.26. The van der Waals surface area contributed by atoms with E-state index in [2.05, 4.69) is 15.9 Å². The molecule has 0 N–H and O–H groups in total. The molecular weight excluding hydrogens is 420 g/mol. The quantitative estimate of drug-likeness (QED) is 0.675. The van der Waals surface area contributed by atoms with Gasteiger partial charge < -0.3 is 4.90 Å². The number of anilines is 1. The molecule has 3 aliphatic rings. The molecule has 0 spiro atoms. The van der Waals surface area contributed by atoms with E-state index in [-0.39, 0.29) is 23.6 Å². The van der Waals surface area contributed by atoms with Crippen molar-refractivity contribution >= 4 is 45.3 Å². The highest BCUT2D eigenvalue weighted by molar-refractivity contribution is 9.10. The van der Waals surface area contributed by atoms with E-state index in [1.165, 1.54) is 11.8 Å². The monoisotopic (exact) mass is 436 g/mol. The van der Waals surface area contributed by atoms with Gasteiger partial charge in [-0.1, -0.05) is 36.4 Å². The summed E-state index contributed by atoms with van der Waals surface area (Å²) in [5, 5.41) is 0. The highest BCUT2D eigenvalue weighted by Gasteiger charge is 2.64. The highest BCUT2D eigenvalue weighted by Crippen LogP contribution is 2.53. The summed E-state index contributed by atoms with van der Waals surface area (Å²) in [6, 6.07) is 14.1. The van der Waals surface area contributed by atoms with E-state index in [9.17, 15) is 14.4 Å². The Labute approximate surface area is 170 Å². The van der Waals surface area contributed by atoms with Crippen LogP contribution in [0.25, 0.3) is 6.08 Å². The minimum absolute atomic E-state index is 0.100. The van der Waals surface area contributed by atoms with Gasteiger partial charge in [-0.2, -0.15) is 0 Å². The van der Waals surface area contributed by atoms with Crippen molar-refractivity contribution in [2.75, 3.05) is 4.90 Å². The first-order valence-corrected chi connectivity index (χ1v) is 9.97. The normalized spacial score (nSPS) is 27.6. The van der Waals surface area contributed by atoms with Gasteiger partial charge in [0.2, 0.25) is 11.8 Å². The maximum atomic E-state index is 13.5. The number of benzene rings is 2. The average molecular weight is 437 g/mol. The number of nitrogens with zero attached hydrogens (tertiary/aromatic N) is 2. The molecule has 2 amide bonds. The fourth-order valence-electron chi connectivity index (χ4n) is 4.89. The molecule has 2 saturated heterocycles. The number of ketones is 1. The zero-order valence-corrected chi connectivity index (χ0v) is 16.7. The van der Waals surface area contributed by atoms with Crippen LogP contribution < -0.4 is 4.90 Å². The number of fused-ring (bicyclic) bond motifs is 5. The van der Waals surface area contributed by atoms with Crippen LogP contribution in [0.1, 0.15) is 24.1 Å². The first-order chi connectivity index (χ1) is 13.5. The van der Waals surface area contributed by atoms with Crippen LogP contribution in [0.15, 0.2) is 59.2 Å². The number of amides is 2. The maximum Gasteiger partial charge on any atom is 0.240 e. The Morgan fingerprint density at radius 3 is 2.39 bits per heavy atom. The molecule has 0 unspecified atom stereocenters. The Morgan fingerprint density at radius 2 is 1.64 bits per heavy atom. The summed E-state index contributed by atoms with van der Waals surface area (Å²) in [6.45, 7) is 1.50. The van der Waals surface area contributed by atoms with Crippen molar-refractivity contribution in [3.63, 3.8) is 0 Å². The lowest BCUT2D eigenvalue weighted by Crippen LogP contribution is -2.43. The maximum absolute atomic E-state index is 13.5. The van der Waals surface area contributed by atoms with Crippen molar-refractivity contribution in [2.45, 2.75) is 19.0 Å². The van der Waals surface area contributed by atoms with Crippen LogP contribution in [0, 0.1) is 11.8 Å². The van der Waals surface area contributed by atoms with Crippen LogP contribution in [0.4, 0.5) is 5.69 Å². The third-order valence-electron chi connectivity index (χ3n) is 5.97. The third kappa shape index (κ3) is 2.21. The first kappa shape index (κ1) is 17.4. The molecule has 3 aliphatic heterocycles. The summed E-state index contributed by atoms with van der Waals surface area (Å²) in [6.07, 6.45) is 3.81. The lowest BCUT2D eigenvalue weighted by atomic mass is 9.84. The fourth-order valence-corrected chi connectivity index (χ4v) is 5.35. The number of imide groups is 1. The Bertz CT molecular complexity index is 1060. The van der Waals surface area contributed by atoms with Crippen LogP contribution in [0.5, 0.6) is 0 Å². The van der Waals surface area contributed by atoms with Crippen molar-refractivity contribution in [1.82, 2.24) is 4.90 Å². The molecule has 28 heavy (non-hydrogen) atoms. The number of para-hydroxylation sites is 1. The number of carbonyl (C=O) groups is 3.